The molecule has 0 unspecified atom stereocenters. The first kappa shape index (κ1) is 21.4. The van der Waals surface area contributed by atoms with Gasteiger partial charge in [-0.3, -0.25) is 4.79 Å². The van der Waals surface area contributed by atoms with Crippen molar-refractivity contribution in [2.24, 2.45) is 0 Å². The zero-order valence-corrected chi connectivity index (χ0v) is 16.6. The molecular weight excluding hydrogens is 384 g/mol. The number of benzene rings is 2. The molecule has 0 bridgehead atoms. The molecule has 9 heteroatoms. The molecule has 1 atom stereocenters. The van der Waals surface area contributed by atoms with Crippen molar-refractivity contribution in [3.05, 3.63) is 59.7 Å². The number of hydrogen-bond donors (Lipinski definition) is 2. The van der Waals surface area contributed by atoms with E-state index in [1.807, 2.05) is 6.92 Å². The second kappa shape index (κ2) is 9.34. The fraction of sp³-hybridized carbons (Fsp3) is 0.263. The van der Waals surface area contributed by atoms with E-state index in [1.165, 1.54) is 31.4 Å². The Bertz CT molecular complexity index is 924. The van der Waals surface area contributed by atoms with E-state index in [4.69, 9.17) is 4.74 Å². The Balaban J connectivity index is 2.09. The van der Waals surface area contributed by atoms with Gasteiger partial charge in [-0.15, -0.1) is 0 Å². The van der Waals surface area contributed by atoms with Crippen LogP contribution in [0.25, 0.3) is 0 Å². The molecular formula is C19H22N2O6S. The van der Waals surface area contributed by atoms with Gasteiger partial charge in [0.1, 0.15) is 11.8 Å². The Kier molecular flexibility index (Phi) is 7.13. The summed E-state index contributed by atoms with van der Waals surface area (Å²) in [6.07, 6.45) is 0. The lowest BCUT2D eigenvalue weighted by atomic mass is 10.2. The molecule has 0 aliphatic carbocycles. The minimum Gasteiger partial charge on any atom is -0.497 e. The average Bonchev–Trinajstić information content (AvgIpc) is 2.70. The van der Waals surface area contributed by atoms with Crippen LogP contribution in [0.2, 0.25) is 0 Å². The Morgan fingerprint density at radius 2 is 1.61 bits per heavy atom. The molecule has 0 saturated carbocycles. The number of amides is 1. The van der Waals surface area contributed by atoms with Gasteiger partial charge in [-0.2, -0.15) is 0 Å². The molecule has 2 N–H and O–H groups in total. The third-order valence-corrected chi connectivity index (χ3v) is 5.39. The van der Waals surface area contributed by atoms with Gasteiger partial charge < -0.3 is 14.8 Å². The van der Waals surface area contributed by atoms with Crippen molar-refractivity contribution in [1.29, 1.82) is 0 Å². The number of sulfonamides is 1. The summed E-state index contributed by atoms with van der Waals surface area (Å²) in [6, 6.07) is 11.3. The molecule has 0 saturated heterocycles. The largest absolute Gasteiger partial charge is 0.497 e. The first-order chi connectivity index (χ1) is 13.3. The maximum atomic E-state index is 12.4. The van der Waals surface area contributed by atoms with Crippen molar-refractivity contribution in [2.75, 3.05) is 20.8 Å². The fourth-order valence-electron chi connectivity index (χ4n) is 2.31. The second-order valence-electron chi connectivity index (χ2n) is 5.94. The molecule has 2 aromatic rings. The summed E-state index contributed by atoms with van der Waals surface area (Å²) in [5.41, 5.74) is 1.20. The van der Waals surface area contributed by atoms with Crippen molar-refractivity contribution in [1.82, 2.24) is 10.0 Å². The van der Waals surface area contributed by atoms with Crippen molar-refractivity contribution >= 4 is 21.9 Å². The van der Waals surface area contributed by atoms with Gasteiger partial charge in [0.05, 0.1) is 19.1 Å². The molecule has 150 valence electrons. The Hall–Kier alpha value is -2.91. The molecule has 2 aromatic carbocycles. The van der Waals surface area contributed by atoms with Crippen LogP contribution in [0.5, 0.6) is 5.75 Å². The highest BCUT2D eigenvalue weighted by atomic mass is 32.2. The van der Waals surface area contributed by atoms with E-state index < -0.39 is 27.9 Å². The summed E-state index contributed by atoms with van der Waals surface area (Å²) >= 11 is 0. The maximum Gasteiger partial charge on any atom is 0.329 e. The van der Waals surface area contributed by atoms with Crippen LogP contribution in [-0.4, -0.2) is 47.1 Å². The van der Waals surface area contributed by atoms with Gasteiger partial charge in [-0.1, -0.05) is 17.7 Å². The van der Waals surface area contributed by atoms with E-state index >= 15 is 0 Å². The van der Waals surface area contributed by atoms with Crippen molar-refractivity contribution in [3.8, 4) is 5.75 Å². The van der Waals surface area contributed by atoms with Crippen LogP contribution in [0.1, 0.15) is 15.9 Å². The van der Waals surface area contributed by atoms with Crippen LogP contribution < -0.4 is 14.8 Å². The SMILES string of the molecule is COC(=O)[C@H](CNS(=O)(=O)c1ccc(C)cc1)NC(=O)c1ccc(OC)cc1. The Morgan fingerprint density at radius 3 is 2.14 bits per heavy atom. The molecule has 8 nitrogen and oxygen atoms in total. The normalized spacial score (nSPS) is 12.1. The first-order valence-corrected chi connectivity index (χ1v) is 9.84. The van der Waals surface area contributed by atoms with Crippen LogP contribution in [0.15, 0.2) is 53.4 Å². The predicted octanol–water partition coefficient (Wildman–Crippen LogP) is 1.25. The number of hydrogen-bond acceptors (Lipinski definition) is 6. The summed E-state index contributed by atoms with van der Waals surface area (Å²) in [5.74, 6) is -0.743. The van der Waals surface area contributed by atoms with E-state index in [2.05, 4.69) is 14.8 Å². The highest BCUT2D eigenvalue weighted by Gasteiger charge is 2.25. The van der Waals surface area contributed by atoms with Crippen molar-refractivity contribution in [2.45, 2.75) is 17.9 Å². The van der Waals surface area contributed by atoms with Gasteiger partial charge in [0.15, 0.2) is 0 Å². The van der Waals surface area contributed by atoms with Crippen LogP contribution in [0, 0.1) is 6.92 Å². The number of aryl methyl sites for hydroxylation is 1. The predicted molar refractivity (Wildman–Crippen MR) is 103 cm³/mol. The molecule has 0 fully saturated rings. The van der Waals surface area contributed by atoms with Crippen LogP contribution in [-0.2, 0) is 19.6 Å². The quantitative estimate of drug-likeness (QED) is 0.639. The smallest absolute Gasteiger partial charge is 0.329 e. The number of methoxy groups -OCH3 is 2. The molecule has 0 aliphatic heterocycles. The van der Waals surface area contributed by atoms with Gasteiger partial charge >= 0.3 is 5.97 Å². The molecule has 1 amide bonds. The van der Waals surface area contributed by atoms with Gasteiger partial charge in [-0.05, 0) is 43.3 Å². The first-order valence-electron chi connectivity index (χ1n) is 8.36. The fourth-order valence-corrected chi connectivity index (χ4v) is 3.36. The Labute approximate surface area is 163 Å². The second-order valence-corrected chi connectivity index (χ2v) is 7.71. The summed E-state index contributed by atoms with van der Waals surface area (Å²) in [5, 5.41) is 2.47. The van der Waals surface area contributed by atoms with E-state index in [0.29, 0.717) is 5.75 Å². The summed E-state index contributed by atoms with van der Waals surface area (Å²) in [6.45, 7) is 1.48. The summed E-state index contributed by atoms with van der Waals surface area (Å²) < 4.78 is 36.8. The molecule has 28 heavy (non-hydrogen) atoms. The highest BCUT2D eigenvalue weighted by Crippen LogP contribution is 2.12. The lowest BCUT2D eigenvalue weighted by Gasteiger charge is -2.17. The van der Waals surface area contributed by atoms with Crippen LogP contribution in [0.4, 0.5) is 0 Å². The Morgan fingerprint density at radius 1 is 1.00 bits per heavy atom. The summed E-state index contributed by atoms with van der Waals surface area (Å²) in [4.78, 5) is 24.4. The van der Waals surface area contributed by atoms with Crippen molar-refractivity contribution < 1.29 is 27.5 Å². The van der Waals surface area contributed by atoms with E-state index in [9.17, 15) is 18.0 Å². The minimum absolute atomic E-state index is 0.0585. The number of rotatable bonds is 8. The third-order valence-electron chi connectivity index (χ3n) is 3.95. The van der Waals surface area contributed by atoms with E-state index in [-0.39, 0.29) is 17.0 Å². The number of nitrogens with one attached hydrogen (secondary N) is 2. The lowest BCUT2D eigenvalue weighted by Crippen LogP contribution is -2.48. The monoisotopic (exact) mass is 406 g/mol. The van der Waals surface area contributed by atoms with E-state index in [1.54, 1.807) is 24.3 Å². The standard InChI is InChI=1S/C19H22N2O6S/c1-13-4-10-16(11-5-13)28(24,25)20-12-17(19(23)27-3)21-18(22)14-6-8-15(26-2)9-7-14/h4-11,17,20H,12H2,1-3H3,(H,21,22)/t17-/m0/s1. The average molecular weight is 406 g/mol. The number of carbonyl (C=O) groups excluding carboxylic acids is 2. The highest BCUT2D eigenvalue weighted by molar-refractivity contribution is 7.89. The topological polar surface area (TPSA) is 111 Å². The zero-order chi connectivity index (χ0) is 20.7. The molecule has 0 spiro atoms. The molecule has 0 heterocycles. The van der Waals surface area contributed by atoms with Gasteiger partial charge in [-0.25, -0.2) is 17.9 Å². The number of esters is 1. The van der Waals surface area contributed by atoms with Crippen molar-refractivity contribution in [3.63, 3.8) is 0 Å². The third kappa shape index (κ3) is 5.54. The lowest BCUT2D eigenvalue weighted by molar-refractivity contribution is -0.142. The van der Waals surface area contributed by atoms with Crippen LogP contribution in [0.3, 0.4) is 0 Å². The molecule has 2 rings (SSSR count). The van der Waals surface area contributed by atoms with Gasteiger partial charge in [0.2, 0.25) is 10.0 Å². The van der Waals surface area contributed by atoms with Gasteiger partial charge in [0, 0.05) is 12.1 Å². The molecule has 0 aliphatic rings. The van der Waals surface area contributed by atoms with E-state index in [0.717, 1.165) is 12.7 Å². The van der Waals surface area contributed by atoms with Gasteiger partial charge in [0.25, 0.3) is 5.91 Å². The van der Waals surface area contributed by atoms with Crippen LogP contribution >= 0.6 is 0 Å². The molecule has 0 radical (unpaired) electrons. The number of carbonyl (C=O) groups is 2. The minimum atomic E-state index is -3.85. The zero-order valence-electron chi connectivity index (χ0n) is 15.8. The summed E-state index contributed by atoms with van der Waals surface area (Å²) in [7, 11) is -1.19. The maximum absolute atomic E-state index is 12.4. The number of ether oxygens (including phenoxy) is 2. The molecule has 0 aromatic heterocycles.